The molecule has 2 amide bonds. The number of nitrogens with zero attached hydrogens (tertiary/aromatic N) is 3. The molecule has 2 aliphatic rings. The molecule has 0 bridgehead atoms. The van der Waals surface area contributed by atoms with Gasteiger partial charge in [0.15, 0.2) is 0 Å². The van der Waals surface area contributed by atoms with Gasteiger partial charge in [0, 0.05) is 39.3 Å². The van der Waals surface area contributed by atoms with E-state index in [1.807, 2.05) is 23.6 Å². The maximum atomic E-state index is 12.8. The van der Waals surface area contributed by atoms with Crippen molar-refractivity contribution in [3.05, 3.63) is 15.6 Å². The normalized spacial score (nSPS) is 22.0. The summed E-state index contributed by atoms with van der Waals surface area (Å²) >= 11 is 1.45. The third-order valence-corrected chi connectivity index (χ3v) is 5.95. The number of hydrogen-bond acceptors (Lipinski definition) is 5. The average molecular weight is 351 g/mol. The van der Waals surface area contributed by atoms with E-state index in [-0.39, 0.29) is 23.9 Å². The fourth-order valence-electron chi connectivity index (χ4n) is 3.80. The number of amides is 2. The first-order valence-corrected chi connectivity index (χ1v) is 9.39. The van der Waals surface area contributed by atoms with E-state index >= 15 is 0 Å². The minimum Gasteiger partial charge on any atom is -0.381 e. The highest BCUT2D eigenvalue weighted by atomic mass is 32.1. The van der Waals surface area contributed by atoms with Crippen LogP contribution in [0.25, 0.3) is 0 Å². The molecule has 3 rings (SSSR count). The van der Waals surface area contributed by atoms with E-state index in [2.05, 4.69) is 4.98 Å². The molecule has 132 valence electrons. The number of aromatic nitrogens is 1. The van der Waals surface area contributed by atoms with E-state index in [1.165, 1.54) is 11.3 Å². The number of ether oxygens (including phenoxy) is 1. The smallest absolute Gasteiger partial charge is 0.265 e. The summed E-state index contributed by atoms with van der Waals surface area (Å²) in [6.45, 7) is 8.18. The van der Waals surface area contributed by atoms with Crippen LogP contribution in [0.3, 0.4) is 0 Å². The Morgan fingerprint density at radius 3 is 2.50 bits per heavy atom. The van der Waals surface area contributed by atoms with Gasteiger partial charge in [0.25, 0.3) is 5.91 Å². The highest BCUT2D eigenvalue weighted by Crippen LogP contribution is 2.26. The summed E-state index contributed by atoms with van der Waals surface area (Å²) < 4.78 is 5.42. The predicted octanol–water partition coefficient (Wildman–Crippen LogP) is 2.00. The van der Waals surface area contributed by atoms with Crippen molar-refractivity contribution in [3.8, 4) is 0 Å². The van der Waals surface area contributed by atoms with Crippen LogP contribution < -0.4 is 0 Å². The Morgan fingerprint density at radius 2 is 1.92 bits per heavy atom. The van der Waals surface area contributed by atoms with Crippen molar-refractivity contribution < 1.29 is 14.3 Å². The van der Waals surface area contributed by atoms with Crippen molar-refractivity contribution in [2.45, 2.75) is 52.1 Å². The van der Waals surface area contributed by atoms with Crippen LogP contribution in [0.15, 0.2) is 0 Å². The molecule has 0 radical (unpaired) electrons. The Morgan fingerprint density at radius 1 is 1.21 bits per heavy atom. The second-order valence-corrected chi connectivity index (χ2v) is 7.81. The zero-order chi connectivity index (χ0) is 17.3. The van der Waals surface area contributed by atoms with Gasteiger partial charge in [-0.25, -0.2) is 4.98 Å². The highest BCUT2D eigenvalue weighted by Gasteiger charge is 2.36. The lowest BCUT2D eigenvalue weighted by molar-refractivity contribution is -0.135. The molecule has 3 heterocycles. The molecular formula is C17H25N3O3S. The van der Waals surface area contributed by atoms with Crippen LogP contribution in [-0.4, -0.2) is 65.0 Å². The second-order valence-electron chi connectivity index (χ2n) is 6.61. The molecule has 7 heteroatoms. The molecular weight excluding hydrogens is 326 g/mol. The zero-order valence-corrected chi connectivity index (χ0v) is 15.4. The Kier molecular flexibility index (Phi) is 5.20. The predicted molar refractivity (Wildman–Crippen MR) is 92.3 cm³/mol. The summed E-state index contributed by atoms with van der Waals surface area (Å²) in [6.07, 6.45) is 2.62. The first-order valence-electron chi connectivity index (χ1n) is 8.57. The van der Waals surface area contributed by atoms with Gasteiger partial charge in [-0.05, 0) is 33.1 Å². The van der Waals surface area contributed by atoms with E-state index in [0.717, 1.165) is 34.8 Å². The van der Waals surface area contributed by atoms with Crippen LogP contribution >= 0.6 is 11.3 Å². The molecule has 2 fully saturated rings. The molecule has 0 aliphatic carbocycles. The lowest BCUT2D eigenvalue weighted by Gasteiger charge is -2.37. The largest absolute Gasteiger partial charge is 0.381 e. The van der Waals surface area contributed by atoms with E-state index in [9.17, 15) is 9.59 Å². The molecule has 1 unspecified atom stereocenters. The molecule has 0 aromatic carbocycles. The van der Waals surface area contributed by atoms with Crippen molar-refractivity contribution in [3.63, 3.8) is 0 Å². The first kappa shape index (κ1) is 17.4. The minimum absolute atomic E-state index is 0.0519. The van der Waals surface area contributed by atoms with Crippen LogP contribution in [0.1, 0.15) is 46.6 Å². The van der Waals surface area contributed by atoms with Gasteiger partial charge in [-0.2, -0.15) is 0 Å². The lowest BCUT2D eigenvalue weighted by atomic mass is 10.0. The number of rotatable bonds is 3. The standard InChI is InChI=1S/C17H25N3O3S/c1-11-16(24-12(2)18-11)17(22)19-7-4-15(10-19)20(13(3)21)14-5-8-23-9-6-14/h14-15H,4-10H2,1-3H3. The van der Waals surface area contributed by atoms with E-state index in [0.29, 0.717) is 26.3 Å². The summed E-state index contributed by atoms with van der Waals surface area (Å²) in [5.41, 5.74) is 0.804. The summed E-state index contributed by atoms with van der Waals surface area (Å²) in [4.78, 5) is 33.9. The van der Waals surface area contributed by atoms with Crippen molar-refractivity contribution in [1.29, 1.82) is 0 Å². The lowest BCUT2D eigenvalue weighted by Crippen LogP contribution is -2.49. The van der Waals surface area contributed by atoms with E-state index in [1.54, 1.807) is 6.92 Å². The molecule has 1 aromatic rings. The minimum atomic E-state index is 0.0519. The summed E-state index contributed by atoms with van der Waals surface area (Å²) in [6, 6.07) is 0.354. The molecule has 1 atom stereocenters. The van der Waals surface area contributed by atoms with Crippen molar-refractivity contribution in [2.75, 3.05) is 26.3 Å². The summed E-state index contributed by atoms with van der Waals surface area (Å²) in [5.74, 6) is 0.155. The van der Waals surface area contributed by atoms with Gasteiger partial charge in [-0.3, -0.25) is 9.59 Å². The molecule has 24 heavy (non-hydrogen) atoms. The fourth-order valence-corrected chi connectivity index (χ4v) is 4.69. The molecule has 1 aromatic heterocycles. The van der Waals surface area contributed by atoms with Crippen LogP contribution in [0.2, 0.25) is 0 Å². The maximum absolute atomic E-state index is 12.8. The Hall–Kier alpha value is -1.47. The average Bonchev–Trinajstić information content (AvgIpc) is 3.14. The summed E-state index contributed by atoms with van der Waals surface area (Å²) in [7, 11) is 0. The SMILES string of the molecule is CC(=O)N(C1CCOCC1)C1CCN(C(=O)c2sc(C)nc2C)C1. The Balaban J connectivity index is 1.70. The third-order valence-electron chi connectivity index (χ3n) is 4.89. The molecule has 0 N–H and O–H groups in total. The number of hydrogen-bond donors (Lipinski definition) is 0. The van der Waals surface area contributed by atoms with Gasteiger partial charge >= 0.3 is 0 Å². The molecule has 6 nitrogen and oxygen atoms in total. The number of thiazole rings is 1. The molecule has 2 aliphatic heterocycles. The van der Waals surface area contributed by atoms with Crippen LogP contribution in [-0.2, 0) is 9.53 Å². The van der Waals surface area contributed by atoms with Gasteiger partial charge in [-0.15, -0.1) is 11.3 Å². The van der Waals surface area contributed by atoms with Gasteiger partial charge in [0.2, 0.25) is 5.91 Å². The quantitative estimate of drug-likeness (QED) is 0.836. The fraction of sp³-hybridized carbons (Fsp3) is 0.706. The van der Waals surface area contributed by atoms with E-state index < -0.39 is 0 Å². The van der Waals surface area contributed by atoms with Crippen LogP contribution in [0.4, 0.5) is 0 Å². The zero-order valence-electron chi connectivity index (χ0n) is 14.6. The third kappa shape index (κ3) is 3.47. The van der Waals surface area contributed by atoms with Gasteiger partial charge in [0.1, 0.15) is 4.88 Å². The molecule has 2 saturated heterocycles. The first-order chi connectivity index (χ1) is 11.5. The maximum Gasteiger partial charge on any atom is 0.265 e. The van der Waals surface area contributed by atoms with E-state index in [4.69, 9.17) is 4.74 Å². The topological polar surface area (TPSA) is 62.7 Å². The van der Waals surface area contributed by atoms with Gasteiger partial charge in [0.05, 0.1) is 16.7 Å². The molecule has 0 spiro atoms. The summed E-state index contributed by atoms with van der Waals surface area (Å²) in [5, 5.41) is 0.916. The van der Waals surface area contributed by atoms with Crippen molar-refractivity contribution >= 4 is 23.2 Å². The van der Waals surface area contributed by atoms with Crippen molar-refractivity contribution in [2.24, 2.45) is 0 Å². The van der Waals surface area contributed by atoms with Crippen LogP contribution in [0, 0.1) is 13.8 Å². The highest BCUT2D eigenvalue weighted by molar-refractivity contribution is 7.13. The number of carbonyl (C=O) groups is 2. The number of likely N-dealkylation sites (tertiary alicyclic amines) is 1. The van der Waals surface area contributed by atoms with Crippen LogP contribution in [0.5, 0.6) is 0 Å². The second kappa shape index (κ2) is 7.19. The Bertz CT molecular complexity index is 625. The van der Waals surface area contributed by atoms with Gasteiger partial charge in [-0.1, -0.05) is 0 Å². The monoisotopic (exact) mass is 351 g/mol. The van der Waals surface area contributed by atoms with Crippen molar-refractivity contribution in [1.82, 2.24) is 14.8 Å². The Labute approximate surface area is 146 Å². The number of carbonyl (C=O) groups excluding carboxylic acids is 2. The number of aryl methyl sites for hydroxylation is 2. The molecule has 0 saturated carbocycles. The van der Waals surface area contributed by atoms with Gasteiger partial charge < -0.3 is 14.5 Å².